The Kier molecular flexibility index (Phi) is 4.99. The fourth-order valence-corrected chi connectivity index (χ4v) is 4.62. The second kappa shape index (κ2) is 7.96. The van der Waals surface area contributed by atoms with Crippen LogP contribution < -0.4 is 10.2 Å². The number of rotatable bonds is 5. The van der Waals surface area contributed by atoms with Gasteiger partial charge >= 0.3 is 0 Å². The van der Waals surface area contributed by atoms with Gasteiger partial charge in [-0.15, -0.1) is 0 Å². The lowest BCUT2D eigenvalue weighted by Gasteiger charge is -2.23. The summed E-state index contributed by atoms with van der Waals surface area (Å²) in [4.78, 5) is 2.29. The summed E-state index contributed by atoms with van der Waals surface area (Å²) >= 11 is 0. The largest absolute Gasteiger partial charge is 0.381 e. The van der Waals surface area contributed by atoms with E-state index < -0.39 is 0 Å². The van der Waals surface area contributed by atoms with Gasteiger partial charge in [-0.05, 0) is 84.0 Å². The molecule has 0 atom stereocenters. The van der Waals surface area contributed by atoms with Crippen molar-refractivity contribution in [1.29, 1.82) is 0 Å². The molecule has 0 radical (unpaired) electrons. The maximum atomic E-state index is 3.57. The Balaban J connectivity index is 1.40. The average Bonchev–Trinajstić information content (AvgIpc) is 3.15. The van der Waals surface area contributed by atoms with Crippen molar-refractivity contribution < 1.29 is 0 Å². The molecule has 0 spiro atoms. The van der Waals surface area contributed by atoms with E-state index in [1.54, 1.807) is 0 Å². The van der Waals surface area contributed by atoms with E-state index in [1.807, 2.05) is 0 Å². The highest BCUT2D eigenvalue weighted by molar-refractivity contribution is 5.82. The predicted octanol–water partition coefficient (Wildman–Crippen LogP) is 7.25. The summed E-state index contributed by atoms with van der Waals surface area (Å²) in [5.74, 6) is 0. The molecule has 2 nitrogen and oxygen atoms in total. The smallest absolute Gasteiger partial charge is 0.0437 e. The van der Waals surface area contributed by atoms with E-state index in [-0.39, 0.29) is 0 Å². The molecule has 0 fully saturated rings. The Morgan fingerprint density at radius 2 is 1.61 bits per heavy atom. The van der Waals surface area contributed by atoms with Crippen LogP contribution in [0.25, 0.3) is 11.1 Å². The van der Waals surface area contributed by atoms with Crippen molar-refractivity contribution in [2.75, 3.05) is 17.3 Å². The monoisotopic (exact) mass is 404 g/mol. The Morgan fingerprint density at radius 3 is 2.42 bits per heavy atom. The molecule has 4 aromatic rings. The van der Waals surface area contributed by atoms with Crippen LogP contribution in [0.3, 0.4) is 0 Å². The topological polar surface area (TPSA) is 15.3 Å². The van der Waals surface area contributed by atoms with Crippen LogP contribution in [0.4, 0.5) is 17.1 Å². The van der Waals surface area contributed by atoms with Crippen molar-refractivity contribution in [3.8, 4) is 11.1 Å². The summed E-state index contributed by atoms with van der Waals surface area (Å²) in [5.41, 5.74) is 13.1. The standard InChI is InChI=1S/C29H28N2/c1-20-9-14-29(21(2)15-20)31(3)26-12-10-23-16-24-17-25(11-13-27(24)28(23)18-26)30-19-22-7-5-4-6-8-22/h4-15,17-18,30H,16,19H2,1-3H3. The number of benzene rings is 4. The summed E-state index contributed by atoms with van der Waals surface area (Å²) < 4.78 is 0. The van der Waals surface area contributed by atoms with Gasteiger partial charge in [-0.2, -0.15) is 0 Å². The maximum Gasteiger partial charge on any atom is 0.0437 e. The molecule has 0 aromatic heterocycles. The first-order valence-electron chi connectivity index (χ1n) is 10.9. The van der Waals surface area contributed by atoms with Crippen molar-refractivity contribution in [3.05, 3.63) is 113 Å². The van der Waals surface area contributed by atoms with Crippen LogP contribution in [-0.2, 0) is 13.0 Å². The van der Waals surface area contributed by atoms with Crippen LogP contribution >= 0.6 is 0 Å². The van der Waals surface area contributed by atoms with Gasteiger partial charge in [0.1, 0.15) is 0 Å². The Hall–Kier alpha value is -3.52. The predicted molar refractivity (Wildman–Crippen MR) is 132 cm³/mol. The molecule has 1 N–H and O–H groups in total. The summed E-state index contributed by atoms with van der Waals surface area (Å²) in [5, 5.41) is 3.57. The van der Waals surface area contributed by atoms with Gasteiger partial charge in [-0.3, -0.25) is 0 Å². The minimum Gasteiger partial charge on any atom is -0.381 e. The molecule has 0 heterocycles. The summed E-state index contributed by atoms with van der Waals surface area (Å²) in [7, 11) is 2.16. The van der Waals surface area contributed by atoms with Gasteiger partial charge in [0.05, 0.1) is 0 Å². The molecule has 0 bridgehead atoms. The highest BCUT2D eigenvalue weighted by Crippen LogP contribution is 2.41. The van der Waals surface area contributed by atoms with Crippen molar-refractivity contribution in [2.24, 2.45) is 0 Å². The molecule has 0 amide bonds. The first kappa shape index (κ1) is 19.4. The van der Waals surface area contributed by atoms with Crippen LogP contribution in [0.5, 0.6) is 0 Å². The molecule has 4 aromatic carbocycles. The van der Waals surface area contributed by atoms with Gasteiger partial charge < -0.3 is 10.2 Å². The zero-order valence-electron chi connectivity index (χ0n) is 18.4. The molecule has 0 aliphatic heterocycles. The second-order valence-electron chi connectivity index (χ2n) is 8.58. The molecule has 1 aliphatic rings. The normalized spacial score (nSPS) is 11.7. The highest BCUT2D eigenvalue weighted by Gasteiger charge is 2.20. The Morgan fingerprint density at radius 1 is 0.774 bits per heavy atom. The molecule has 2 heteroatoms. The molecule has 0 saturated heterocycles. The number of aryl methyl sites for hydroxylation is 2. The third-order valence-electron chi connectivity index (χ3n) is 6.31. The lowest BCUT2D eigenvalue weighted by molar-refractivity contribution is 1.14. The minimum atomic E-state index is 0.845. The molecular formula is C29H28N2. The minimum absolute atomic E-state index is 0.845. The van der Waals surface area contributed by atoms with Gasteiger partial charge in [0.15, 0.2) is 0 Å². The van der Waals surface area contributed by atoms with E-state index in [0.717, 1.165) is 13.0 Å². The summed E-state index contributed by atoms with van der Waals surface area (Å²) in [6, 6.07) is 30.9. The van der Waals surface area contributed by atoms with E-state index in [4.69, 9.17) is 0 Å². The average molecular weight is 405 g/mol. The number of anilines is 3. The van der Waals surface area contributed by atoms with Gasteiger partial charge in [0.25, 0.3) is 0 Å². The van der Waals surface area contributed by atoms with Crippen LogP contribution in [0.1, 0.15) is 27.8 Å². The number of nitrogens with zero attached hydrogens (tertiary/aromatic N) is 1. The van der Waals surface area contributed by atoms with E-state index in [0.29, 0.717) is 0 Å². The van der Waals surface area contributed by atoms with E-state index in [2.05, 4.69) is 116 Å². The fraction of sp³-hybridized carbons (Fsp3) is 0.172. The van der Waals surface area contributed by atoms with Gasteiger partial charge in [0.2, 0.25) is 0 Å². The number of fused-ring (bicyclic) bond motifs is 3. The quantitative estimate of drug-likeness (QED) is 0.332. The zero-order chi connectivity index (χ0) is 21.4. The van der Waals surface area contributed by atoms with E-state index in [9.17, 15) is 0 Å². The first-order chi connectivity index (χ1) is 15.1. The van der Waals surface area contributed by atoms with Crippen LogP contribution in [0, 0.1) is 13.8 Å². The van der Waals surface area contributed by atoms with Crippen molar-refractivity contribution >= 4 is 17.1 Å². The third kappa shape index (κ3) is 3.82. The third-order valence-corrected chi connectivity index (χ3v) is 6.31. The van der Waals surface area contributed by atoms with E-state index >= 15 is 0 Å². The SMILES string of the molecule is Cc1ccc(N(C)c2ccc3c(c2)-c2ccc(NCc4ccccc4)cc2C3)c(C)c1. The van der Waals surface area contributed by atoms with Crippen LogP contribution in [-0.4, -0.2) is 7.05 Å². The highest BCUT2D eigenvalue weighted by atomic mass is 15.1. The molecular weight excluding hydrogens is 376 g/mol. The van der Waals surface area contributed by atoms with Crippen molar-refractivity contribution in [2.45, 2.75) is 26.8 Å². The first-order valence-corrected chi connectivity index (χ1v) is 10.9. The van der Waals surface area contributed by atoms with Crippen molar-refractivity contribution in [1.82, 2.24) is 0 Å². The fourth-order valence-electron chi connectivity index (χ4n) is 4.62. The molecule has 1 aliphatic carbocycles. The summed E-state index contributed by atoms with van der Waals surface area (Å²) in [6.45, 7) is 5.18. The number of nitrogens with one attached hydrogen (secondary N) is 1. The molecule has 0 saturated carbocycles. The van der Waals surface area contributed by atoms with E-state index in [1.165, 1.54) is 56.0 Å². The van der Waals surface area contributed by atoms with Gasteiger partial charge in [-0.25, -0.2) is 0 Å². The van der Waals surface area contributed by atoms with Crippen molar-refractivity contribution in [3.63, 3.8) is 0 Å². The molecule has 5 rings (SSSR count). The van der Waals surface area contributed by atoms with Gasteiger partial charge in [-0.1, -0.05) is 60.2 Å². The molecule has 154 valence electrons. The zero-order valence-corrected chi connectivity index (χ0v) is 18.4. The number of hydrogen-bond acceptors (Lipinski definition) is 2. The lowest BCUT2D eigenvalue weighted by Crippen LogP contribution is -2.11. The summed E-state index contributed by atoms with van der Waals surface area (Å²) in [6.07, 6.45) is 0.999. The van der Waals surface area contributed by atoms with Crippen LogP contribution in [0.2, 0.25) is 0 Å². The molecule has 0 unspecified atom stereocenters. The van der Waals surface area contributed by atoms with Gasteiger partial charge in [0, 0.05) is 30.7 Å². The lowest BCUT2D eigenvalue weighted by atomic mass is 10.0. The maximum absolute atomic E-state index is 3.57. The second-order valence-corrected chi connectivity index (χ2v) is 8.58. The Bertz CT molecular complexity index is 1240. The molecule has 31 heavy (non-hydrogen) atoms. The Labute approximate surface area is 185 Å². The number of hydrogen-bond donors (Lipinski definition) is 1. The van der Waals surface area contributed by atoms with Crippen LogP contribution in [0.15, 0.2) is 84.9 Å².